The second kappa shape index (κ2) is 7.62. The van der Waals surface area contributed by atoms with Gasteiger partial charge in [0.2, 0.25) is 11.9 Å². The van der Waals surface area contributed by atoms with E-state index in [2.05, 4.69) is 16.9 Å². The largest absolute Gasteiger partial charge is 0.332 e. The number of fused-ring (bicyclic) bond motifs is 2. The van der Waals surface area contributed by atoms with E-state index in [1.165, 1.54) is 0 Å². The molecule has 2 aromatic rings. The normalized spacial score (nSPS) is 32.3. The van der Waals surface area contributed by atoms with Crippen LogP contribution in [0.4, 0.5) is 0 Å². The molecule has 9 heteroatoms. The highest BCUT2D eigenvalue weighted by Crippen LogP contribution is 2.38. The summed E-state index contributed by atoms with van der Waals surface area (Å²) in [5, 5.41) is 12.3. The second-order valence-corrected chi connectivity index (χ2v) is 9.41. The van der Waals surface area contributed by atoms with Crippen molar-refractivity contribution in [1.82, 2.24) is 20.7 Å². The van der Waals surface area contributed by atoms with E-state index >= 15 is 0 Å². The Bertz CT molecular complexity index is 901. The highest BCUT2D eigenvalue weighted by Gasteiger charge is 2.48. The Morgan fingerprint density at radius 2 is 2.07 bits per heavy atom. The third-order valence-electron chi connectivity index (χ3n) is 6.67. The van der Waals surface area contributed by atoms with E-state index in [1.807, 2.05) is 23.1 Å². The monoisotopic (exact) mass is 415 g/mol. The van der Waals surface area contributed by atoms with Crippen LogP contribution < -0.4 is 10.9 Å². The molecule has 0 radical (unpaired) electrons. The van der Waals surface area contributed by atoms with E-state index in [1.54, 1.807) is 11.3 Å². The van der Waals surface area contributed by atoms with Crippen LogP contribution in [0.5, 0.6) is 0 Å². The SMILES string of the molecule is O=C(C1NNC2CCC([N+](=O)[O-])CC21)N1CCCCC1c1nc2ccccc2s1. The number of carbonyl (C=O) groups is 1. The number of hydrogen-bond donors (Lipinski definition) is 2. The third kappa shape index (κ3) is 3.41. The van der Waals surface area contributed by atoms with Crippen molar-refractivity contribution in [2.45, 2.75) is 62.7 Å². The number of nitrogens with zero attached hydrogens (tertiary/aromatic N) is 3. The first kappa shape index (κ1) is 18.9. The molecule has 1 amide bonds. The minimum Gasteiger partial charge on any atom is -0.332 e. The first-order valence-electron chi connectivity index (χ1n) is 10.4. The van der Waals surface area contributed by atoms with Gasteiger partial charge in [0.05, 0.1) is 16.3 Å². The van der Waals surface area contributed by atoms with Crippen molar-refractivity contribution >= 4 is 27.5 Å². The number of nitro groups is 1. The molecule has 1 aromatic carbocycles. The van der Waals surface area contributed by atoms with Gasteiger partial charge in [0.1, 0.15) is 11.0 Å². The molecule has 1 aromatic heterocycles. The number of likely N-dealkylation sites (tertiary alicyclic amines) is 1. The maximum Gasteiger partial charge on any atom is 0.242 e. The van der Waals surface area contributed by atoms with Crippen LogP contribution in [0.3, 0.4) is 0 Å². The van der Waals surface area contributed by atoms with Gasteiger partial charge in [0.25, 0.3) is 0 Å². The van der Waals surface area contributed by atoms with Crippen molar-refractivity contribution in [3.63, 3.8) is 0 Å². The quantitative estimate of drug-likeness (QED) is 0.590. The topological polar surface area (TPSA) is 100 Å². The average molecular weight is 416 g/mol. The van der Waals surface area contributed by atoms with E-state index in [0.29, 0.717) is 19.4 Å². The maximum absolute atomic E-state index is 13.6. The molecule has 1 aliphatic carbocycles. The lowest BCUT2D eigenvalue weighted by atomic mass is 9.78. The smallest absolute Gasteiger partial charge is 0.242 e. The molecule has 1 saturated carbocycles. The molecule has 29 heavy (non-hydrogen) atoms. The molecule has 3 fully saturated rings. The Morgan fingerprint density at radius 1 is 1.21 bits per heavy atom. The molecule has 0 spiro atoms. The van der Waals surface area contributed by atoms with E-state index in [0.717, 1.165) is 40.9 Å². The predicted octanol–water partition coefficient (Wildman–Crippen LogP) is 2.64. The summed E-state index contributed by atoms with van der Waals surface area (Å²) < 4.78 is 1.14. The zero-order valence-electron chi connectivity index (χ0n) is 16.1. The van der Waals surface area contributed by atoms with Crippen LogP contribution in [-0.2, 0) is 4.79 Å². The van der Waals surface area contributed by atoms with Gasteiger partial charge < -0.3 is 4.90 Å². The molecule has 5 rings (SSSR count). The Labute approximate surface area is 172 Å². The highest BCUT2D eigenvalue weighted by molar-refractivity contribution is 7.18. The molecule has 5 unspecified atom stereocenters. The number of hydrazine groups is 1. The van der Waals surface area contributed by atoms with Crippen molar-refractivity contribution < 1.29 is 9.72 Å². The molecule has 3 aliphatic rings. The van der Waals surface area contributed by atoms with Crippen molar-refractivity contribution in [1.29, 1.82) is 0 Å². The van der Waals surface area contributed by atoms with Crippen LogP contribution in [-0.4, -0.2) is 45.4 Å². The summed E-state index contributed by atoms with van der Waals surface area (Å²) in [7, 11) is 0. The number of thiazole rings is 1. The lowest BCUT2D eigenvalue weighted by molar-refractivity contribution is -0.528. The van der Waals surface area contributed by atoms with Crippen LogP contribution in [0.25, 0.3) is 10.2 Å². The van der Waals surface area contributed by atoms with Crippen LogP contribution in [0.15, 0.2) is 24.3 Å². The van der Waals surface area contributed by atoms with Gasteiger partial charge >= 0.3 is 0 Å². The predicted molar refractivity (Wildman–Crippen MR) is 110 cm³/mol. The molecule has 8 nitrogen and oxygen atoms in total. The van der Waals surface area contributed by atoms with Crippen LogP contribution >= 0.6 is 11.3 Å². The minimum atomic E-state index is -0.547. The van der Waals surface area contributed by atoms with E-state index < -0.39 is 12.1 Å². The van der Waals surface area contributed by atoms with Crippen molar-refractivity contribution in [2.75, 3.05) is 6.54 Å². The van der Waals surface area contributed by atoms with Crippen molar-refractivity contribution in [3.05, 3.63) is 39.4 Å². The first-order chi connectivity index (χ1) is 14.1. The number of rotatable bonds is 3. The number of hydrogen-bond acceptors (Lipinski definition) is 7. The number of amides is 1. The molecule has 154 valence electrons. The number of carbonyl (C=O) groups excluding carboxylic acids is 1. The summed E-state index contributed by atoms with van der Waals surface area (Å²) >= 11 is 1.66. The van der Waals surface area contributed by atoms with Gasteiger partial charge in [-0.3, -0.25) is 20.3 Å². The average Bonchev–Trinajstić information content (AvgIpc) is 3.36. The fraction of sp³-hybridized carbons (Fsp3) is 0.600. The van der Waals surface area contributed by atoms with Gasteiger partial charge in [-0.15, -0.1) is 11.3 Å². The van der Waals surface area contributed by atoms with Gasteiger partial charge in [0.15, 0.2) is 0 Å². The van der Waals surface area contributed by atoms with E-state index in [9.17, 15) is 14.9 Å². The summed E-state index contributed by atoms with van der Waals surface area (Å²) in [6, 6.07) is 7.24. The zero-order valence-corrected chi connectivity index (χ0v) is 16.9. The summed E-state index contributed by atoms with van der Waals surface area (Å²) in [5.41, 5.74) is 7.38. The summed E-state index contributed by atoms with van der Waals surface area (Å²) in [6.45, 7) is 0.716. The lowest BCUT2D eigenvalue weighted by Gasteiger charge is -2.37. The number of benzene rings is 1. The number of piperidine rings is 1. The molecule has 2 N–H and O–H groups in total. The third-order valence-corrected chi connectivity index (χ3v) is 7.81. The van der Waals surface area contributed by atoms with Crippen LogP contribution in [0.1, 0.15) is 49.6 Å². The molecular weight excluding hydrogens is 390 g/mol. The lowest BCUT2D eigenvalue weighted by Crippen LogP contribution is -2.51. The zero-order chi connectivity index (χ0) is 20.0. The Hall–Kier alpha value is -2.10. The van der Waals surface area contributed by atoms with Gasteiger partial charge in [-0.2, -0.15) is 0 Å². The summed E-state index contributed by atoms with van der Waals surface area (Å²) in [5.74, 6) is 0.0162. The molecule has 5 atom stereocenters. The Balaban J connectivity index is 1.39. The van der Waals surface area contributed by atoms with Gasteiger partial charge in [0, 0.05) is 36.3 Å². The van der Waals surface area contributed by atoms with Gasteiger partial charge in [-0.25, -0.2) is 10.4 Å². The highest BCUT2D eigenvalue weighted by atomic mass is 32.1. The fourth-order valence-corrected chi connectivity index (χ4v) is 6.25. The molecule has 2 saturated heterocycles. The maximum atomic E-state index is 13.6. The first-order valence-corrected chi connectivity index (χ1v) is 11.2. The fourth-order valence-electron chi connectivity index (χ4n) is 5.13. The summed E-state index contributed by atoms with van der Waals surface area (Å²) in [6.07, 6.45) is 4.73. The summed E-state index contributed by atoms with van der Waals surface area (Å²) in [4.78, 5) is 31.5. The van der Waals surface area contributed by atoms with E-state index in [4.69, 9.17) is 4.98 Å². The van der Waals surface area contributed by atoms with Crippen molar-refractivity contribution in [3.8, 4) is 0 Å². The Kier molecular flexibility index (Phi) is 4.97. The minimum absolute atomic E-state index is 0.00981. The molecule has 2 aliphatic heterocycles. The van der Waals surface area contributed by atoms with Gasteiger partial charge in [-0.05, 0) is 37.8 Å². The number of nitrogens with one attached hydrogen (secondary N) is 2. The number of aromatic nitrogens is 1. The van der Waals surface area contributed by atoms with Gasteiger partial charge in [-0.1, -0.05) is 12.1 Å². The number of para-hydroxylation sites is 1. The second-order valence-electron chi connectivity index (χ2n) is 8.35. The standard InChI is InChI=1S/C20H25N5O3S/c26-20(18-13-11-12(25(27)28)8-9-14(13)22-23-18)24-10-4-3-6-16(24)19-21-15-5-1-2-7-17(15)29-19/h1-2,5,7,12-14,16,18,22-23H,3-4,6,8-11H2. The Morgan fingerprint density at radius 3 is 2.90 bits per heavy atom. The molecule has 0 bridgehead atoms. The van der Waals surface area contributed by atoms with Crippen LogP contribution in [0, 0.1) is 16.0 Å². The molecular formula is C20H25N5O3S. The molecule has 3 heterocycles. The van der Waals surface area contributed by atoms with Crippen LogP contribution in [0.2, 0.25) is 0 Å². The van der Waals surface area contributed by atoms with Crippen molar-refractivity contribution in [2.24, 2.45) is 5.92 Å². The van der Waals surface area contributed by atoms with E-state index in [-0.39, 0.29) is 28.8 Å².